The first-order chi connectivity index (χ1) is 10.8. The number of unbranched alkanes of at least 4 members (excludes halogenated alkanes) is 3. The second-order valence-corrected chi connectivity index (χ2v) is 7.34. The van der Waals surface area contributed by atoms with Crippen LogP contribution in [0.15, 0.2) is 12.1 Å². The topological polar surface area (TPSA) is 26.3 Å². The fraction of sp³-hybridized carbons (Fsp3) is 0.650. The first kappa shape index (κ1) is 15.6. The number of hydrogen-bond donors (Lipinski definition) is 0. The van der Waals surface area contributed by atoms with Crippen LogP contribution in [0.5, 0.6) is 0 Å². The number of rotatable bonds is 6. The number of ether oxygens (including phenoxy) is 1. The van der Waals surface area contributed by atoms with Crippen LogP contribution in [0.3, 0.4) is 0 Å². The Morgan fingerprint density at radius 3 is 2.64 bits per heavy atom. The third-order valence-corrected chi connectivity index (χ3v) is 4.11. The van der Waals surface area contributed by atoms with Gasteiger partial charge in [0.25, 0.3) is 0 Å². The van der Waals surface area contributed by atoms with Gasteiger partial charge in [0.1, 0.15) is 5.60 Å². The molecule has 1 aliphatic carbocycles. The molecular formula is C20H30O2. The Morgan fingerprint density at radius 2 is 1.95 bits per heavy atom. The average Bonchev–Trinajstić information content (AvgIpc) is 2.90. The Hall–Kier alpha value is -1.31. The van der Waals surface area contributed by atoms with E-state index in [-0.39, 0.29) is 5.97 Å². The molecule has 0 bridgehead atoms. The monoisotopic (exact) mass is 303 g/mol. The Balaban J connectivity index is 2.31. The lowest BCUT2D eigenvalue weighted by atomic mass is 9.95. The summed E-state index contributed by atoms with van der Waals surface area (Å²) in [4.78, 5) is 12.6. The van der Waals surface area contributed by atoms with Gasteiger partial charge in [0.15, 0.2) is 0 Å². The van der Waals surface area contributed by atoms with E-state index in [1.807, 2.05) is 20.8 Å². The number of benzene rings is 1. The molecule has 122 valence electrons. The van der Waals surface area contributed by atoms with E-state index in [4.69, 9.17) is 6.11 Å². The highest BCUT2D eigenvalue weighted by atomic mass is 16.6. The van der Waals surface area contributed by atoms with Gasteiger partial charge in [-0.05, 0) is 75.6 Å². The lowest BCUT2D eigenvalue weighted by Gasteiger charge is -2.21. The highest BCUT2D eigenvalue weighted by Gasteiger charge is 2.23. The molecule has 0 saturated carbocycles. The number of hydrogen-bond acceptors (Lipinski definition) is 2. The van der Waals surface area contributed by atoms with Crippen molar-refractivity contribution in [2.45, 2.75) is 84.7 Å². The maximum Gasteiger partial charge on any atom is 0.338 e. The minimum Gasteiger partial charge on any atom is -0.456 e. The minimum atomic E-state index is -0.526. The third-order valence-electron chi connectivity index (χ3n) is 4.11. The van der Waals surface area contributed by atoms with E-state index in [1.54, 1.807) is 0 Å². The molecule has 1 aromatic carbocycles. The molecule has 2 nitrogen and oxygen atoms in total. The number of carbonyl (C=O) groups excluding carboxylic acids is 1. The molecule has 0 fully saturated rings. The van der Waals surface area contributed by atoms with Crippen LogP contribution in [0, 0.1) is 0 Å². The molecule has 0 atom stereocenters. The van der Waals surface area contributed by atoms with E-state index in [0.717, 1.165) is 43.2 Å². The maximum absolute atomic E-state index is 12.6. The van der Waals surface area contributed by atoms with Crippen molar-refractivity contribution < 1.29 is 10.9 Å². The van der Waals surface area contributed by atoms with Gasteiger partial charge in [0, 0.05) is 0 Å². The summed E-state index contributed by atoms with van der Waals surface area (Å²) in [6.07, 6.45) is 8.59. The van der Waals surface area contributed by atoms with Gasteiger partial charge in [0.2, 0.25) is 0 Å². The predicted molar refractivity (Wildman–Crippen MR) is 91.5 cm³/mol. The van der Waals surface area contributed by atoms with E-state index in [2.05, 4.69) is 13.0 Å². The normalized spacial score (nSPS) is 14.6. The molecule has 0 aromatic heterocycles. The van der Waals surface area contributed by atoms with Crippen molar-refractivity contribution in [3.05, 3.63) is 34.4 Å². The Labute approximate surface area is 136 Å². The second kappa shape index (κ2) is 7.30. The van der Waals surface area contributed by atoms with Crippen LogP contribution >= 0.6 is 0 Å². The number of aryl methyl sites for hydroxylation is 2. The van der Waals surface area contributed by atoms with Crippen molar-refractivity contribution in [1.29, 1.82) is 0 Å². The molecule has 1 aliphatic rings. The lowest BCUT2D eigenvalue weighted by molar-refractivity contribution is 0.00682. The van der Waals surface area contributed by atoms with Gasteiger partial charge in [-0.1, -0.05) is 32.3 Å². The van der Waals surface area contributed by atoms with Gasteiger partial charge < -0.3 is 4.74 Å². The van der Waals surface area contributed by atoms with Crippen LogP contribution < -0.4 is 0 Å². The Kier molecular flexibility index (Phi) is 5.17. The summed E-state index contributed by atoms with van der Waals surface area (Å²) in [7, 11) is 0. The molecule has 22 heavy (non-hydrogen) atoms. The summed E-state index contributed by atoms with van der Waals surface area (Å²) in [6, 6.07) is 2.59. The van der Waals surface area contributed by atoms with Crippen molar-refractivity contribution in [3.8, 4) is 0 Å². The molecule has 0 saturated heterocycles. The largest absolute Gasteiger partial charge is 0.456 e. The van der Waals surface area contributed by atoms with E-state index in [9.17, 15) is 4.79 Å². The fourth-order valence-electron chi connectivity index (χ4n) is 3.03. The summed E-state index contributed by atoms with van der Waals surface area (Å²) >= 11 is 0. The predicted octanol–water partition coefficient (Wildman–Crippen LogP) is 5.25. The van der Waals surface area contributed by atoms with E-state index in [1.165, 1.54) is 24.8 Å². The van der Waals surface area contributed by atoms with Crippen molar-refractivity contribution in [3.63, 3.8) is 0 Å². The molecule has 1 aromatic rings. The molecule has 0 heterocycles. The smallest absolute Gasteiger partial charge is 0.338 e. The highest BCUT2D eigenvalue weighted by molar-refractivity contribution is 5.92. The van der Waals surface area contributed by atoms with Gasteiger partial charge in [0.05, 0.1) is 6.93 Å². The van der Waals surface area contributed by atoms with Gasteiger partial charge in [-0.3, -0.25) is 0 Å². The molecule has 0 unspecified atom stereocenters. The van der Waals surface area contributed by atoms with Crippen LogP contribution in [0.2, 0.25) is 0 Å². The Bertz CT molecular complexity index is 570. The number of esters is 1. The van der Waals surface area contributed by atoms with Crippen LogP contribution in [0.1, 0.15) is 88.2 Å². The molecule has 0 radical (unpaired) electrons. The second-order valence-electron chi connectivity index (χ2n) is 7.34. The lowest BCUT2D eigenvalue weighted by Crippen LogP contribution is -2.24. The summed E-state index contributed by atoms with van der Waals surface area (Å²) in [5.74, 6) is -0.331. The Morgan fingerprint density at radius 1 is 1.23 bits per heavy atom. The summed E-state index contributed by atoms with van der Waals surface area (Å²) in [6.45, 7) is 7.83. The summed E-state index contributed by atoms with van der Waals surface area (Å²) in [5.41, 5.74) is 3.33. The zero-order valence-corrected chi connectivity index (χ0v) is 14.6. The van der Waals surface area contributed by atoms with Crippen LogP contribution in [0.4, 0.5) is 0 Å². The highest BCUT2D eigenvalue weighted by Crippen LogP contribution is 2.28. The first-order valence-corrected chi connectivity index (χ1v) is 8.71. The van der Waals surface area contributed by atoms with Crippen molar-refractivity contribution >= 4 is 5.97 Å². The number of fused-ring (bicyclic) bond motifs is 1. The van der Waals surface area contributed by atoms with Crippen molar-refractivity contribution in [2.24, 2.45) is 0 Å². The quantitative estimate of drug-likeness (QED) is 0.529. The van der Waals surface area contributed by atoms with E-state index in [0.29, 0.717) is 11.6 Å². The standard InChI is InChI=1S/C20H30O2/c1-5-6-7-8-10-17-13-15-11-9-12-16(15)14-18(17)19(21)22-20(2,3)4/h13-14H,5-12H2,1-4H3/i14D. The van der Waals surface area contributed by atoms with Crippen LogP contribution in [-0.4, -0.2) is 11.6 Å². The average molecular weight is 303 g/mol. The molecule has 2 rings (SSSR count). The van der Waals surface area contributed by atoms with Crippen molar-refractivity contribution in [1.82, 2.24) is 0 Å². The van der Waals surface area contributed by atoms with Gasteiger partial charge in [-0.2, -0.15) is 0 Å². The zero-order valence-electron chi connectivity index (χ0n) is 15.6. The van der Waals surface area contributed by atoms with Crippen LogP contribution in [0.25, 0.3) is 0 Å². The molecule has 0 N–H and O–H groups in total. The zero-order chi connectivity index (χ0) is 17.0. The SMILES string of the molecule is [2H]c1c2c(cc(CCCCCC)c1C(=O)OC(C)(C)C)CCC2. The molecule has 0 aliphatic heterocycles. The molecule has 0 amide bonds. The summed E-state index contributed by atoms with van der Waals surface area (Å²) < 4.78 is 14.1. The molecular weight excluding hydrogens is 272 g/mol. The van der Waals surface area contributed by atoms with Crippen molar-refractivity contribution in [2.75, 3.05) is 0 Å². The fourth-order valence-corrected chi connectivity index (χ4v) is 3.03. The van der Waals surface area contributed by atoms with Crippen LogP contribution in [-0.2, 0) is 24.0 Å². The molecule has 2 heteroatoms. The third kappa shape index (κ3) is 4.59. The van der Waals surface area contributed by atoms with Gasteiger partial charge in [-0.25, -0.2) is 4.79 Å². The first-order valence-electron chi connectivity index (χ1n) is 9.21. The van der Waals surface area contributed by atoms with Gasteiger partial charge in [-0.15, -0.1) is 0 Å². The van der Waals surface area contributed by atoms with E-state index < -0.39 is 5.60 Å². The van der Waals surface area contributed by atoms with E-state index >= 15 is 0 Å². The maximum atomic E-state index is 12.6. The minimum absolute atomic E-state index is 0.331. The number of carbonyl (C=O) groups is 1. The summed E-state index contributed by atoms with van der Waals surface area (Å²) in [5, 5.41) is 0. The van der Waals surface area contributed by atoms with Gasteiger partial charge >= 0.3 is 5.97 Å². The molecule has 0 spiro atoms.